The van der Waals surface area contributed by atoms with E-state index >= 15 is 0 Å². The van der Waals surface area contributed by atoms with Crippen LogP contribution in [0, 0.1) is 0 Å². The minimum Gasteiger partial charge on any atom is -0.477 e. The molecule has 1 aromatic heterocycles. The monoisotopic (exact) mass is 280 g/mol. The number of carbonyl (C=O) groups excluding carboxylic acids is 1. The molecule has 0 bridgehead atoms. The SMILES string of the molecule is Cn1c(C(=O)O)cc2c1CN(C(=O)OC(C)(C)C)CC2. The summed E-state index contributed by atoms with van der Waals surface area (Å²) >= 11 is 0. The molecule has 1 aliphatic rings. The number of carboxylic acids is 1. The molecule has 110 valence electrons. The highest BCUT2D eigenvalue weighted by Crippen LogP contribution is 2.24. The van der Waals surface area contributed by atoms with Gasteiger partial charge in [0.2, 0.25) is 0 Å². The lowest BCUT2D eigenvalue weighted by atomic mass is 10.1. The number of hydrogen-bond donors (Lipinski definition) is 1. The Bertz CT molecular complexity index is 554. The minimum absolute atomic E-state index is 0.251. The third kappa shape index (κ3) is 2.79. The van der Waals surface area contributed by atoms with Crippen molar-refractivity contribution in [1.29, 1.82) is 0 Å². The molecule has 20 heavy (non-hydrogen) atoms. The second-order valence-electron chi connectivity index (χ2n) is 6.02. The van der Waals surface area contributed by atoms with Gasteiger partial charge in [-0.2, -0.15) is 0 Å². The van der Waals surface area contributed by atoms with Crippen LogP contribution in [0.1, 0.15) is 42.5 Å². The van der Waals surface area contributed by atoms with E-state index in [4.69, 9.17) is 9.84 Å². The summed E-state index contributed by atoms with van der Waals surface area (Å²) in [7, 11) is 1.71. The molecule has 0 spiro atoms. The second kappa shape index (κ2) is 4.85. The number of aromatic nitrogens is 1. The fourth-order valence-corrected chi connectivity index (χ4v) is 2.33. The van der Waals surface area contributed by atoms with Crippen molar-refractivity contribution < 1.29 is 19.4 Å². The maximum absolute atomic E-state index is 12.1. The summed E-state index contributed by atoms with van der Waals surface area (Å²) in [6, 6.07) is 1.68. The second-order valence-corrected chi connectivity index (χ2v) is 6.02. The molecule has 6 nitrogen and oxygen atoms in total. The Morgan fingerprint density at radius 2 is 2.00 bits per heavy atom. The molecule has 0 saturated heterocycles. The number of amides is 1. The number of aromatic carboxylic acids is 1. The van der Waals surface area contributed by atoms with Crippen LogP contribution >= 0.6 is 0 Å². The number of nitrogens with zero attached hydrogens (tertiary/aromatic N) is 2. The number of fused-ring (bicyclic) bond motifs is 1. The lowest BCUT2D eigenvalue weighted by Crippen LogP contribution is -2.40. The minimum atomic E-state index is -0.953. The van der Waals surface area contributed by atoms with E-state index in [0.717, 1.165) is 11.3 Å². The molecule has 0 fully saturated rings. The van der Waals surface area contributed by atoms with Gasteiger partial charge in [-0.15, -0.1) is 0 Å². The Balaban J connectivity index is 2.19. The van der Waals surface area contributed by atoms with Crippen LogP contribution in [0.25, 0.3) is 0 Å². The van der Waals surface area contributed by atoms with E-state index in [0.29, 0.717) is 19.5 Å². The third-order valence-corrected chi connectivity index (χ3v) is 3.31. The van der Waals surface area contributed by atoms with E-state index in [1.54, 1.807) is 22.6 Å². The molecule has 2 rings (SSSR count). The van der Waals surface area contributed by atoms with Gasteiger partial charge in [-0.25, -0.2) is 9.59 Å². The Hall–Kier alpha value is -1.98. The lowest BCUT2D eigenvalue weighted by molar-refractivity contribution is 0.0220. The van der Waals surface area contributed by atoms with E-state index < -0.39 is 11.6 Å². The predicted octanol–water partition coefficient (Wildman–Crippen LogP) is 2.02. The van der Waals surface area contributed by atoms with Crippen molar-refractivity contribution in [3.8, 4) is 0 Å². The summed E-state index contributed by atoms with van der Waals surface area (Å²) in [5.74, 6) is -0.953. The predicted molar refractivity (Wildman–Crippen MR) is 72.7 cm³/mol. The van der Waals surface area contributed by atoms with Crippen LogP contribution < -0.4 is 0 Å². The van der Waals surface area contributed by atoms with Gasteiger partial charge in [0, 0.05) is 19.3 Å². The Labute approximate surface area is 117 Å². The van der Waals surface area contributed by atoms with Crippen molar-refractivity contribution >= 4 is 12.1 Å². The number of rotatable bonds is 1. The average Bonchev–Trinajstić information content (AvgIpc) is 2.64. The molecular weight excluding hydrogens is 260 g/mol. The number of carboxylic acid groups (broad SMARTS) is 1. The summed E-state index contributed by atoms with van der Waals surface area (Å²) in [6.07, 6.45) is 0.289. The molecular formula is C14H20N2O4. The zero-order valence-electron chi connectivity index (χ0n) is 12.3. The maximum Gasteiger partial charge on any atom is 0.410 e. The standard InChI is InChI=1S/C14H20N2O4/c1-14(2,3)20-13(19)16-6-5-9-7-10(12(17)18)15(4)11(9)8-16/h7H,5-6,8H2,1-4H3,(H,17,18). The van der Waals surface area contributed by atoms with E-state index in [9.17, 15) is 9.59 Å². The number of hydrogen-bond acceptors (Lipinski definition) is 3. The van der Waals surface area contributed by atoms with Crippen LogP contribution in [-0.4, -0.2) is 38.8 Å². The van der Waals surface area contributed by atoms with Gasteiger partial charge < -0.3 is 19.3 Å². The van der Waals surface area contributed by atoms with Gasteiger partial charge >= 0.3 is 12.1 Å². The quantitative estimate of drug-likeness (QED) is 0.854. The Morgan fingerprint density at radius 3 is 2.55 bits per heavy atom. The highest BCUT2D eigenvalue weighted by molar-refractivity contribution is 5.86. The summed E-state index contributed by atoms with van der Waals surface area (Å²) in [4.78, 5) is 24.8. The van der Waals surface area contributed by atoms with Crippen LogP contribution in [-0.2, 0) is 24.8 Å². The molecule has 0 atom stereocenters. The van der Waals surface area contributed by atoms with Gasteiger partial charge in [0.1, 0.15) is 11.3 Å². The first-order valence-corrected chi connectivity index (χ1v) is 6.58. The molecule has 0 radical (unpaired) electrons. The van der Waals surface area contributed by atoms with Gasteiger partial charge in [0.15, 0.2) is 0 Å². The van der Waals surface area contributed by atoms with Gasteiger partial charge in [0.25, 0.3) is 0 Å². The fourth-order valence-electron chi connectivity index (χ4n) is 2.33. The normalized spacial score (nSPS) is 14.9. The van der Waals surface area contributed by atoms with Crippen LogP contribution in [0.5, 0.6) is 0 Å². The van der Waals surface area contributed by atoms with E-state index in [1.807, 2.05) is 20.8 Å². The molecule has 0 aliphatic carbocycles. The first-order chi connectivity index (χ1) is 9.19. The maximum atomic E-state index is 12.1. The highest BCUT2D eigenvalue weighted by atomic mass is 16.6. The summed E-state index contributed by atoms with van der Waals surface area (Å²) in [5.41, 5.74) is 1.57. The molecule has 1 amide bonds. The van der Waals surface area contributed by atoms with Crippen molar-refractivity contribution in [3.63, 3.8) is 0 Å². The number of carbonyl (C=O) groups is 2. The molecule has 6 heteroatoms. The molecule has 0 aromatic carbocycles. The fraction of sp³-hybridized carbons (Fsp3) is 0.571. The van der Waals surface area contributed by atoms with Crippen LogP contribution in [0.3, 0.4) is 0 Å². The van der Waals surface area contributed by atoms with Crippen LogP contribution in [0.4, 0.5) is 4.79 Å². The highest BCUT2D eigenvalue weighted by Gasteiger charge is 2.28. The van der Waals surface area contributed by atoms with Crippen molar-refractivity contribution in [2.45, 2.75) is 39.3 Å². The third-order valence-electron chi connectivity index (χ3n) is 3.31. The van der Waals surface area contributed by atoms with Crippen molar-refractivity contribution in [2.24, 2.45) is 7.05 Å². The largest absolute Gasteiger partial charge is 0.477 e. The first kappa shape index (κ1) is 14.4. The Kier molecular flexibility index (Phi) is 3.50. The van der Waals surface area contributed by atoms with Gasteiger partial charge in [0.05, 0.1) is 6.54 Å². The zero-order chi connectivity index (χ0) is 15.1. The number of ether oxygens (including phenoxy) is 1. The van der Waals surface area contributed by atoms with Gasteiger partial charge in [-0.1, -0.05) is 0 Å². The summed E-state index contributed by atoms with van der Waals surface area (Å²) < 4.78 is 6.98. The van der Waals surface area contributed by atoms with Gasteiger partial charge in [-0.3, -0.25) is 0 Å². The zero-order valence-corrected chi connectivity index (χ0v) is 12.3. The average molecular weight is 280 g/mol. The van der Waals surface area contributed by atoms with E-state index in [-0.39, 0.29) is 11.8 Å². The van der Waals surface area contributed by atoms with Crippen molar-refractivity contribution in [1.82, 2.24) is 9.47 Å². The molecule has 0 unspecified atom stereocenters. The van der Waals surface area contributed by atoms with Crippen molar-refractivity contribution in [2.75, 3.05) is 6.54 Å². The van der Waals surface area contributed by atoms with Gasteiger partial charge in [-0.05, 0) is 38.8 Å². The van der Waals surface area contributed by atoms with Crippen LogP contribution in [0.2, 0.25) is 0 Å². The molecule has 1 aliphatic heterocycles. The van der Waals surface area contributed by atoms with E-state index in [2.05, 4.69) is 0 Å². The topological polar surface area (TPSA) is 71.8 Å². The summed E-state index contributed by atoms with van der Waals surface area (Å²) in [5, 5.41) is 9.12. The molecule has 1 N–H and O–H groups in total. The van der Waals surface area contributed by atoms with Crippen LogP contribution in [0.15, 0.2) is 6.07 Å². The molecule has 0 saturated carbocycles. The van der Waals surface area contributed by atoms with E-state index in [1.165, 1.54) is 0 Å². The lowest BCUT2D eigenvalue weighted by Gasteiger charge is -2.30. The Morgan fingerprint density at radius 1 is 1.35 bits per heavy atom. The summed E-state index contributed by atoms with van der Waals surface area (Å²) in [6.45, 7) is 6.40. The molecule has 2 heterocycles. The smallest absolute Gasteiger partial charge is 0.410 e. The molecule has 1 aromatic rings. The van der Waals surface area contributed by atoms with Crippen molar-refractivity contribution in [3.05, 3.63) is 23.0 Å². The first-order valence-electron chi connectivity index (χ1n) is 6.58.